The van der Waals surface area contributed by atoms with Gasteiger partial charge in [0.2, 0.25) is 0 Å². The number of benzene rings is 1. The van der Waals surface area contributed by atoms with Crippen LogP contribution in [0.1, 0.15) is 6.92 Å². The normalized spacial score (nSPS) is 11.8. The molecular formula is C10H8Cl2FN3O2S. The SMILES string of the molecule is CCn1c(-c2ccc(Cl)cc2F)nnc1S(=O)(=O)Cl. The predicted octanol–water partition coefficient (Wildman–Crippen LogP) is 2.69. The average Bonchev–Trinajstić information content (AvgIpc) is 2.72. The highest BCUT2D eigenvalue weighted by Gasteiger charge is 2.23. The van der Waals surface area contributed by atoms with Crippen LogP contribution >= 0.6 is 22.3 Å². The maximum Gasteiger partial charge on any atom is 0.296 e. The van der Waals surface area contributed by atoms with Crippen LogP contribution in [-0.4, -0.2) is 23.2 Å². The van der Waals surface area contributed by atoms with Crippen LogP contribution < -0.4 is 0 Å². The quantitative estimate of drug-likeness (QED) is 0.814. The molecule has 0 saturated heterocycles. The molecule has 0 radical (unpaired) electrons. The van der Waals surface area contributed by atoms with Gasteiger partial charge < -0.3 is 0 Å². The lowest BCUT2D eigenvalue weighted by Crippen LogP contribution is -2.06. The molecule has 0 atom stereocenters. The maximum absolute atomic E-state index is 13.8. The van der Waals surface area contributed by atoms with Crippen molar-refractivity contribution in [1.82, 2.24) is 14.8 Å². The Morgan fingerprint density at radius 2 is 2.05 bits per heavy atom. The first kappa shape index (κ1) is 14.2. The van der Waals surface area contributed by atoms with Gasteiger partial charge >= 0.3 is 0 Å². The summed E-state index contributed by atoms with van der Waals surface area (Å²) >= 11 is 5.66. The fourth-order valence-electron chi connectivity index (χ4n) is 1.62. The lowest BCUT2D eigenvalue weighted by Gasteiger charge is -2.06. The van der Waals surface area contributed by atoms with Crippen molar-refractivity contribution >= 4 is 31.3 Å². The van der Waals surface area contributed by atoms with E-state index in [9.17, 15) is 12.8 Å². The summed E-state index contributed by atoms with van der Waals surface area (Å²) in [5, 5.41) is 6.99. The van der Waals surface area contributed by atoms with Crippen LogP contribution in [0.2, 0.25) is 5.02 Å². The number of halogens is 3. The van der Waals surface area contributed by atoms with E-state index in [2.05, 4.69) is 10.2 Å². The Morgan fingerprint density at radius 3 is 2.58 bits per heavy atom. The van der Waals surface area contributed by atoms with Crippen LogP contribution in [0, 0.1) is 5.82 Å². The van der Waals surface area contributed by atoms with Gasteiger partial charge in [0, 0.05) is 22.2 Å². The van der Waals surface area contributed by atoms with Crippen molar-refractivity contribution in [3.63, 3.8) is 0 Å². The first-order valence-electron chi connectivity index (χ1n) is 5.18. The van der Waals surface area contributed by atoms with E-state index in [-0.39, 0.29) is 23.0 Å². The minimum absolute atomic E-state index is 0.0795. The molecule has 1 aromatic carbocycles. The highest BCUT2D eigenvalue weighted by Crippen LogP contribution is 2.26. The summed E-state index contributed by atoms with van der Waals surface area (Å²) in [5.74, 6) is -0.538. The van der Waals surface area contributed by atoms with Gasteiger partial charge in [-0.3, -0.25) is 4.57 Å². The second kappa shape index (κ2) is 5.07. The largest absolute Gasteiger partial charge is 0.297 e. The molecule has 2 aromatic rings. The molecular weight excluding hydrogens is 316 g/mol. The van der Waals surface area contributed by atoms with Crippen LogP contribution in [-0.2, 0) is 15.6 Å². The highest BCUT2D eigenvalue weighted by molar-refractivity contribution is 8.13. The van der Waals surface area contributed by atoms with Crippen LogP contribution in [0.3, 0.4) is 0 Å². The first-order chi connectivity index (χ1) is 8.84. The Hall–Kier alpha value is -1.18. The Bertz CT molecular complexity index is 730. The second-order valence-corrected chi connectivity index (χ2v) is 6.51. The maximum atomic E-state index is 13.8. The van der Waals surface area contributed by atoms with Gasteiger partial charge in [-0.15, -0.1) is 10.2 Å². The summed E-state index contributed by atoms with van der Waals surface area (Å²) in [4.78, 5) is 0. The number of hydrogen-bond donors (Lipinski definition) is 0. The third-order valence-corrected chi connectivity index (χ3v) is 3.81. The van der Waals surface area contributed by atoms with Gasteiger partial charge in [0.25, 0.3) is 14.2 Å². The number of rotatable bonds is 3. The van der Waals surface area contributed by atoms with Crippen LogP contribution in [0.25, 0.3) is 11.4 Å². The standard InChI is InChI=1S/C10H8Cl2FN3O2S/c1-2-16-9(14-15-10(16)19(12,17)18)7-4-3-6(11)5-8(7)13/h3-5H,2H2,1H3. The molecule has 2 rings (SSSR count). The van der Waals surface area contributed by atoms with Crippen molar-refractivity contribution in [2.75, 3.05) is 0 Å². The molecule has 5 nitrogen and oxygen atoms in total. The average molecular weight is 324 g/mol. The molecule has 0 fully saturated rings. The van der Waals surface area contributed by atoms with E-state index >= 15 is 0 Å². The Kier molecular flexibility index (Phi) is 3.80. The molecule has 0 aliphatic heterocycles. The second-order valence-electron chi connectivity index (χ2n) is 3.61. The monoisotopic (exact) mass is 323 g/mol. The van der Waals surface area contributed by atoms with E-state index in [1.807, 2.05) is 0 Å². The van der Waals surface area contributed by atoms with E-state index < -0.39 is 20.0 Å². The molecule has 0 bridgehead atoms. The van der Waals surface area contributed by atoms with E-state index in [0.717, 1.165) is 6.07 Å². The molecule has 19 heavy (non-hydrogen) atoms. The van der Waals surface area contributed by atoms with E-state index in [1.165, 1.54) is 16.7 Å². The topological polar surface area (TPSA) is 64.8 Å². The molecule has 0 aliphatic carbocycles. The third kappa shape index (κ3) is 2.72. The van der Waals surface area contributed by atoms with E-state index in [4.69, 9.17) is 22.3 Å². The fraction of sp³-hybridized carbons (Fsp3) is 0.200. The van der Waals surface area contributed by atoms with Gasteiger partial charge in [-0.2, -0.15) is 0 Å². The molecule has 1 aromatic heterocycles. The van der Waals surface area contributed by atoms with Crippen molar-refractivity contribution in [2.45, 2.75) is 18.6 Å². The number of aromatic nitrogens is 3. The van der Waals surface area contributed by atoms with Crippen LogP contribution in [0.5, 0.6) is 0 Å². The lowest BCUT2D eigenvalue weighted by atomic mass is 10.2. The van der Waals surface area contributed by atoms with Gasteiger partial charge in [-0.1, -0.05) is 11.6 Å². The van der Waals surface area contributed by atoms with E-state index in [0.29, 0.717) is 0 Å². The highest BCUT2D eigenvalue weighted by atomic mass is 35.7. The van der Waals surface area contributed by atoms with Crippen LogP contribution in [0.4, 0.5) is 4.39 Å². The zero-order valence-electron chi connectivity index (χ0n) is 9.64. The predicted molar refractivity (Wildman–Crippen MR) is 69.1 cm³/mol. The van der Waals surface area contributed by atoms with Crippen molar-refractivity contribution in [1.29, 1.82) is 0 Å². The van der Waals surface area contributed by atoms with Gasteiger partial charge in [0.15, 0.2) is 5.82 Å². The molecule has 0 spiro atoms. The Morgan fingerprint density at radius 1 is 1.37 bits per heavy atom. The van der Waals surface area contributed by atoms with Crippen molar-refractivity contribution in [3.05, 3.63) is 29.0 Å². The minimum atomic E-state index is -4.04. The van der Waals surface area contributed by atoms with Gasteiger partial charge in [0.1, 0.15) is 5.82 Å². The Labute approximate surface area is 118 Å². The van der Waals surface area contributed by atoms with E-state index in [1.54, 1.807) is 6.92 Å². The molecule has 0 amide bonds. The molecule has 1 heterocycles. The summed E-state index contributed by atoms with van der Waals surface area (Å²) in [5.41, 5.74) is 0.102. The smallest absolute Gasteiger partial charge is 0.296 e. The first-order valence-corrected chi connectivity index (χ1v) is 7.86. The summed E-state index contributed by atoms with van der Waals surface area (Å²) in [7, 11) is 1.20. The molecule has 0 N–H and O–H groups in total. The molecule has 102 valence electrons. The molecule has 0 saturated carbocycles. The van der Waals surface area contributed by atoms with Crippen molar-refractivity contribution < 1.29 is 12.8 Å². The summed E-state index contributed by atoms with van der Waals surface area (Å²) in [6, 6.07) is 3.99. The van der Waals surface area contributed by atoms with Crippen LogP contribution in [0.15, 0.2) is 23.4 Å². The zero-order chi connectivity index (χ0) is 14.2. The summed E-state index contributed by atoms with van der Waals surface area (Å²) < 4.78 is 37.7. The van der Waals surface area contributed by atoms with Crippen molar-refractivity contribution in [2.24, 2.45) is 0 Å². The molecule has 0 aliphatic rings. The zero-order valence-corrected chi connectivity index (χ0v) is 12.0. The summed E-state index contributed by atoms with van der Waals surface area (Å²) in [6.45, 7) is 1.90. The number of hydrogen-bond acceptors (Lipinski definition) is 4. The fourth-order valence-corrected chi connectivity index (χ4v) is 2.74. The third-order valence-electron chi connectivity index (χ3n) is 2.42. The Balaban J connectivity index is 2.67. The summed E-state index contributed by atoms with van der Waals surface area (Å²) in [6.07, 6.45) is 0. The van der Waals surface area contributed by atoms with Gasteiger partial charge in [0.05, 0.1) is 5.56 Å². The number of nitrogens with zero attached hydrogens (tertiary/aromatic N) is 3. The minimum Gasteiger partial charge on any atom is -0.297 e. The van der Waals surface area contributed by atoms with Gasteiger partial charge in [-0.05, 0) is 25.1 Å². The van der Waals surface area contributed by atoms with Crippen molar-refractivity contribution in [3.8, 4) is 11.4 Å². The van der Waals surface area contributed by atoms with Gasteiger partial charge in [-0.25, -0.2) is 12.8 Å². The lowest BCUT2D eigenvalue weighted by molar-refractivity contribution is 0.581. The molecule has 0 unspecified atom stereocenters. The molecule has 9 heteroatoms.